The number of thiazole rings is 1. The molecule has 5 nitrogen and oxygen atoms in total. The topological polar surface area (TPSA) is 45.6 Å². The van der Waals surface area contributed by atoms with Crippen LogP contribution in [0, 0.1) is 0 Å². The van der Waals surface area contributed by atoms with E-state index < -0.39 is 0 Å². The van der Waals surface area contributed by atoms with E-state index in [1.807, 2.05) is 12.1 Å². The standard InChI is InChI=1S/C21H19N3O2S4/c1-4-11-23-17(25)15(19-22(6-3)13-9-7-8-10-14(13)28-19)29-20(23)16-18(26)24(12-5-2)21(27)30-16/h4-5,7-10H,1-2,6,11-12H2,3H3. The van der Waals surface area contributed by atoms with E-state index in [9.17, 15) is 9.59 Å². The minimum atomic E-state index is -0.185. The van der Waals surface area contributed by atoms with Crippen LogP contribution >= 0.6 is 47.1 Å². The molecular formula is C21H19N3O2S4. The van der Waals surface area contributed by atoms with Crippen molar-refractivity contribution in [1.29, 1.82) is 0 Å². The average Bonchev–Trinajstić information content (AvgIpc) is 3.36. The number of nitrogens with zero attached hydrogens (tertiary/aromatic N) is 3. The van der Waals surface area contributed by atoms with Crippen molar-refractivity contribution in [1.82, 2.24) is 9.47 Å². The molecule has 0 spiro atoms. The number of rotatable bonds is 5. The predicted molar refractivity (Wildman–Crippen MR) is 132 cm³/mol. The number of para-hydroxylation sites is 1. The summed E-state index contributed by atoms with van der Waals surface area (Å²) in [6.45, 7) is 11.0. The summed E-state index contributed by atoms with van der Waals surface area (Å²) in [6, 6.07) is 8.12. The van der Waals surface area contributed by atoms with Crippen LogP contribution in [0.1, 0.15) is 6.92 Å². The van der Waals surface area contributed by atoms with Crippen molar-refractivity contribution in [3.63, 3.8) is 0 Å². The van der Waals surface area contributed by atoms with Crippen LogP contribution in [0.15, 0.2) is 59.3 Å². The Kier molecular flexibility index (Phi) is 6.06. The molecule has 3 heterocycles. The number of carbonyl (C=O) groups is 1. The SMILES string of the molecule is C=CCN1C(=O)C(=c2sc(=C3Sc4ccccc4N3CC)c(=O)n2CC=C)SC1=S. The van der Waals surface area contributed by atoms with E-state index in [0.717, 1.165) is 22.2 Å². The smallest absolute Gasteiger partial charge is 0.272 e. The van der Waals surface area contributed by atoms with Gasteiger partial charge in [-0.25, -0.2) is 0 Å². The Morgan fingerprint density at radius 2 is 1.80 bits per heavy atom. The highest BCUT2D eigenvalue weighted by molar-refractivity contribution is 8.30. The third-order valence-corrected chi connectivity index (χ3v) is 8.74. The Labute approximate surface area is 192 Å². The maximum atomic E-state index is 13.4. The van der Waals surface area contributed by atoms with E-state index in [1.165, 1.54) is 28.0 Å². The van der Waals surface area contributed by atoms with Crippen LogP contribution in [-0.4, -0.2) is 32.8 Å². The highest BCUT2D eigenvalue weighted by Crippen LogP contribution is 2.45. The van der Waals surface area contributed by atoms with Crippen LogP contribution in [0.4, 0.5) is 5.69 Å². The third-order valence-electron chi connectivity index (χ3n) is 4.67. The summed E-state index contributed by atoms with van der Waals surface area (Å²) < 4.78 is 3.35. The van der Waals surface area contributed by atoms with Gasteiger partial charge in [-0.15, -0.1) is 24.5 Å². The van der Waals surface area contributed by atoms with Crippen molar-refractivity contribution in [2.45, 2.75) is 18.4 Å². The average molecular weight is 474 g/mol. The Morgan fingerprint density at radius 3 is 2.50 bits per heavy atom. The first kappa shape index (κ1) is 21.2. The number of amides is 1. The van der Waals surface area contributed by atoms with Gasteiger partial charge in [-0.2, -0.15) is 0 Å². The first-order valence-electron chi connectivity index (χ1n) is 9.29. The molecule has 2 aliphatic heterocycles. The highest BCUT2D eigenvalue weighted by Gasteiger charge is 2.34. The number of thioether (sulfide) groups is 2. The van der Waals surface area contributed by atoms with Crippen molar-refractivity contribution in [2.24, 2.45) is 0 Å². The minimum absolute atomic E-state index is 0.113. The van der Waals surface area contributed by atoms with Gasteiger partial charge in [0.15, 0.2) is 0 Å². The highest BCUT2D eigenvalue weighted by atomic mass is 32.2. The maximum Gasteiger partial charge on any atom is 0.272 e. The maximum absolute atomic E-state index is 13.4. The summed E-state index contributed by atoms with van der Waals surface area (Å²) in [4.78, 5) is 31.6. The Morgan fingerprint density at radius 1 is 1.07 bits per heavy atom. The molecule has 1 aromatic heterocycles. The van der Waals surface area contributed by atoms with E-state index in [-0.39, 0.29) is 11.5 Å². The van der Waals surface area contributed by atoms with Gasteiger partial charge in [-0.05, 0) is 19.1 Å². The fraction of sp³-hybridized carbons (Fsp3) is 0.190. The summed E-state index contributed by atoms with van der Waals surface area (Å²) in [5, 5.41) is 0.902. The zero-order valence-corrected chi connectivity index (χ0v) is 19.6. The number of allylic oxidation sites excluding steroid dienone is 1. The molecule has 0 aliphatic carbocycles. The van der Waals surface area contributed by atoms with E-state index in [1.54, 1.807) is 28.5 Å². The molecule has 2 aromatic rings. The molecule has 30 heavy (non-hydrogen) atoms. The Bertz CT molecular complexity index is 1260. The van der Waals surface area contributed by atoms with Gasteiger partial charge in [-0.1, -0.05) is 60.0 Å². The lowest BCUT2D eigenvalue weighted by atomic mass is 10.3. The lowest BCUT2D eigenvalue weighted by Gasteiger charge is -2.16. The van der Waals surface area contributed by atoms with Crippen LogP contribution in [-0.2, 0) is 11.3 Å². The van der Waals surface area contributed by atoms with Crippen LogP contribution in [0.5, 0.6) is 0 Å². The fourth-order valence-corrected chi connectivity index (χ4v) is 7.28. The number of hydrogen-bond acceptors (Lipinski definition) is 7. The number of aromatic nitrogens is 1. The number of thiocarbonyl (C=S) groups is 1. The molecule has 1 fully saturated rings. The quantitative estimate of drug-likeness (QED) is 0.492. The first-order chi connectivity index (χ1) is 14.5. The van der Waals surface area contributed by atoms with Crippen LogP contribution in [0.25, 0.3) is 9.93 Å². The zero-order chi connectivity index (χ0) is 21.4. The van der Waals surface area contributed by atoms with E-state index in [2.05, 4.69) is 37.1 Å². The van der Waals surface area contributed by atoms with E-state index >= 15 is 0 Å². The number of hydrogen-bond donors (Lipinski definition) is 0. The van der Waals surface area contributed by atoms with Crippen LogP contribution in [0.2, 0.25) is 0 Å². The molecule has 0 atom stereocenters. The van der Waals surface area contributed by atoms with Crippen molar-refractivity contribution in [3.05, 3.63) is 69.1 Å². The Balaban J connectivity index is 1.99. The first-order valence-corrected chi connectivity index (χ1v) is 12.2. The monoisotopic (exact) mass is 473 g/mol. The predicted octanol–water partition coefficient (Wildman–Crippen LogP) is 2.95. The summed E-state index contributed by atoms with van der Waals surface area (Å²) in [5.74, 6) is -0.185. The van der Waals surface area contributed by atoms with Crippen LogP contribution in [0.3, 0.4) is 0 Å². The van der Waals surface area contributed by atoms with E-state index in [0.29, 0.717) is 31.5 Å². The second-order valence-corrected chi connectivity index (χ2v) is 10.1. The molecule has 0 unspecified atom stereocenters. The van der Waals surface area contributed by atoms with Crippen molar-refractivity contribution in [3.8, 4) is 0 Å². The number of benzene rings is 1. The summed E-state index contributed by atoms with van der Waals surface area (Å²) in [6.07, 6.45) is 3.32. The molecule has 0 bridgehead atoms. The van der Waals surface area contributed by atoms with Gasteiger partial charge in [-0.3, -0.25) is 19.1 Å². The van der Waals surface area contributed by atoms with Gasteiger partial charge < -0.3 is 4.90 Å². The number of carbonyl (C=O) groups excluding carboxylic acids is 1. The normalized spacial score (nSPS) is 19.5. The van der Waals surface area contributed by atoms with Gasteiger partial charge in [0.2, 0.25) is 0 Å². The Hall–Kier alpha value is -2.07. The molecule has 2 aliphatic rings. The molecule has 0 radical (unpaired) electrons. The molecule has 154 valence electrons. The molecular weight excluding hydrogens is 455 g/mol. The van der Waals surface area contributed by atoms with E-state index in [4.69, 9.17) is 12.2 Å². The van der Waals surface area contributed by atoms with Gasteiger partial charge in [0.05, 0.1) is 5.69 Å². The van der Waals surface area contributed by atoms with Crippen molar-refractivity contribution < 1.29 is 4.79 Å². The molecule has 1 saturated heterocycles. The summed E-state index contributed by atoms with van der Waals surface area (Å²) >= 11 is 9.56. The van der Waals surface area contributed by atoms with Gasteiger partial charge in [0, 0.05) is 24.5 Å². The molecule has 0 N–H and O–H groups in total. The number of anilines is 1. The largest absolute Gasteiger partial charge is 0.334 e. The van der Waals surface area contributed by atoms with Gasteiger partial charge in [0.1, 0.15) is 23.4 Å². The third kappa shape index (κ3) is 3.39. The molecule has 4 rings (SSSR count). The lowest BCUT2D eigenvalue weighted by molar-refractivity contribution is -0.120. The second-order valence-electron chi connectivity index (χ2n) is 6.46. The second kappa shape index (κ2) is 8.58. The lowest BCUT2D eigenvalue weighted by Crippen LogP contribution is -2.35. The summed E-state index contributed by atoms with van der Waals surface area (Å²) in [5.41, 5.74) is 0.986. The molecule has 1 aromatic carbocycles. The van der Waals surface area contributed by atoms with Gasteiger partial charge in [0.25, 0.3) is 11.5 Å². The summed E-state index contributed by atoms with van der Waals surface area (Å²) in [7, 11) is 0. The number of fused-ring (bicyclic) bond motifs is 1. The molecule has 0 saturated carbocycles. The molecule has 1 amide bonds. The van der Waals surface area contributed by atoms with Crippen molar-refractivity contribution in [2.75, 3.05) is 18.0 Å². The van der Waals surface area contributed by atoms with Crippen LogP contribution < -0.4 is 19.7 Å². The van der Waals surface area contributed by atoms with Crippen molar-refractivity contribution >= 4 is 72.9 Å². The zero-order valence-electron chi connectivity index (χ0n) is 16.3. The van der Waals surface area contributed by atoms with Gasteiger partial charge >= 0.3 is 0 Å². The fourth-order valence-electron chi connectivity index (χ4n) is 3.34. The molecule has 9 heteroatoms. The minimum Gasteiger partial charge on any atom is -0.334 e.